The van der Waals surface area contributed by atoms with Crippen molar-refractivity contribution < 1.29 is 32.2 Å². The molecule has 1 aliphatic carbocycles. The molecule has 8 heteroatoms. The van der Waals surface area contributed by atoms with Crippen LogP contribution in [0.5, 0.6) is 5.75 Å². The summed E-state index contributed by atoms with van der Waals surface area (Å²) < 4.78 is 49.5. The van der Waals surface area contributed by atoms with E-state index in [0.717, 1.165) is 0 Å². The number of nitrogens with one attached hydrogen (secondary N) is 1. The fraction of sp³-hybridized carbons (Fsp3) is 0.619. The second-order valence-corrected chi connectivity index (χ2v) is 7.68. The van der Waals surface area contributed by atoms with Crippen LogP contribution in [0.4, 0.5) is 13.2 Å². The van der Waals surface area contributed by atoms with Crippen LogP contribution in [-0.4, -0.2) is 31.3 Å². The maximum absolute atomic E-state index is 13.1. The lowest BCUT2D eigenvalue weighted by molar-refractivity contribution is -0.186. The number of alkyl halides is 3. The largest absolute Gasteiger partial charge is 0.497 e. The summed E-state index contributed by atoms with van der Waals surface area (Å²) in [5.41, 5.74) is 0.656. The molecular formula is C21H28F3NO4. The van der Waals surface area contributed by atoms with Crippen molar-refractivity contribution in [3.05, 3.63) is 29.8 Å². The van der Waals surface area contributed by atoms with Crippen LogP contribution in [0.3, 0.4) is 0 Å². The zero-order valence-electron chi connectivity index (χ0n) is 16.9. The SMILES string of the molecule is COc1ccc([C@H](CC(=O)OC(C)C)NC(=O)[C@@H]2CCC[C@H](C(F)(F)F)C2)cc1. The summed E-state index contributed by atoms with van der Waals surface area (Å²) in [5.74, 6) is -2.52. The van der Waals surface area contributed by atoms with Gasteiger partial charge in [-0.05, 0) is 50.8 Å². The van der Waals surface area contributed by atoms with Crippen molar-refractivity contribution in [1.29, 1.82) is 0 Å². The third-order valence-corrected chi connectivity index (χ3v) is 5.08. The van der Waals surface area contributed by atoms with E-state index in [1.807, 2.05) is 0 Å². The molecule has 0 aromatic heterocycles. The first-order valence-electron chi connectivity index (χ1n) is 9.80. The van der Waals surface area contributed by atoms with Gasteiger partial charge in [0.25, 0.3) is 0 Å². The molecule has 1 aromatic rings. The highest BCUT2D eigenvalue weighted by Crippen LogP contribution is 2.40. The lowest BCUT2D eigenvalue weighted by Gasteiger charge is -2.31. The number of ether oxygens (including phenoxy) is 2. The second kappa shape index (κ2) is 9.98. The molecule has 0 spiro atoms. The molecule has 0 aliphatic heterocycles. The van der Waals surface area contributed by atoms with Crippen molar-refractivity contribution in [2.45, 2.75) is 64.3 Å². The second-order valence-electron chi connectivity index (χ2n) is 7.68. The van der Waals surface area contributed by atoms with Gasteiger partial charge in [0, 0.05) is 5.92 Å². The van der Waals surface area contributed by atoms with Crippen LogP contribution >= 0.6 is 0 Å². The average molecular weight is 415 g/mol. The number of rotatable bonds is 7. The average Bonchev–Trinajstić information content (AvgIpc) is 2.66. The van der Waals surface area contributed by atoms with Crippen molar-refractivity contribution in [1.82, 2.24) is 5.32 Å². The minimum absolute atomic E-state index is 0.0515. The van der Waals surface area contributed by atoms with Gasteiger partial charge in [-0.2, -0.15) is 13.2 Å². The molecule has 2 rings (SSSR count). The molecule has 29 heavy (non-hydrogen) atoms. The number of methoxy groups -OCH3 is 1. The summed E-state index contributed by atoms with van der Waals surface area (Å²) in [6, 6.07) is 6.13. The minimum atomic E-state index is -4.30. The highest BCUT2D eigenvalue weighted by molar-refractivity contribution is 5.80. The molecule has 1 aromatic carbocycles. The van der Waals surface area contributed by atoms with Crippen molar-refractivity contribution >= 4 is 11.9 Å². The molecular weight excluding hydrogens is 387 g/mol. The van der Waals surface area contributed by atoms with Crippen LogP contribution < -0.4 is 10.1 Å². The summed E-state index contributed by atoms with van der Waals surface area (Å²) in [5, 5.41) is 2.77. The number of carbonyl (C=O) groups excluding carboxylic acids is 2. The molecule has 0 heterocycles. The van der Waals surface area contributed by atoms with E-state index in [1.165, 1.54) is 7.11 Å². The number of esters is 1. The lowest BCUT2D eigenvalue weighted by atomic mass is 9.80. The maximum Gasteiger partial charge on any atom is 0.391 e. The summed E-state index contributed by atoms with van der Waals surface area (Å²) in [4.78, 5) is 24.9. The third-order valence-electron chi connectivity index (χ3n) is 5.08. The van der Waals surface area contributed by atoms with Gasteiger partial charge < -0.3 is 14.8 Å². The van der Waals surface area contributed by atoms with E-state index < -0.39 is 35.9 Å². The Hall–Kier alpha value is -2.25. The molecule has 1 amide bonds. The standard InChI is InChI=1S/C21H28F3NO4/c1-13(2)29-19(26)12-18(14-7-9-17(28-3)10-8-14)25-20(27)15-5-4-6-16(11-15)21(22,23)24/h7-10,13,15-16,18H,4-6,11-12H2,1-3H3,(H,25,27)/t15-,16+,18+/m1/s1. The Bertz CT molecular complexity index is 688. The predicted octanol–water partition coefficient (Wildman–Crippen LogP) is 4.56. The Morgan fingerprint density at radius 1 is 1.17 bits per heavy atom. The number of halogens is 3. The number of hydrogen-bond acceptors (Lipinski definition) is 4. The van der Waals surface area contributed by atoms with Gasteiger partial charge in [0.2, 0.25) is 5.91 Å². The monoisotopic (exact) mass is 415 g/mol. The summed E-state index contributed by atoms with van der Waals surface area (Å²) in [7, 11) is 1.52. The molecule has 0 saturated heterocycles. The Morgan fingerprint density at radius 2 is 1.83 bits per heavy atom. The van der Waals surface area contributed by atoms with Gasteiger partial charge in [-0.3, -0.25) is 9.59 Å². The fourth-order valence-electron chi connectivity index (χ4n) is 3.58. The summed E-state index contributed by atoms with van der Waals surface area (Å²) in [6.07, 6.45) is -4.12. The number of benzene rings is 1. The Kier molecular flexibility index (Phi) is 7.93. The zero-order valence-corrected chi connectivity index (χ0v) is 16.9. The minimum Gasteiger partial charge on any atom is -0.497 e. The molecule has 0 bridgehead atoms. The fourth-order valence-corrected chi connectivity index (χ4v) is 3.58. The molecule has 1 aliphatic rings. The predicted molar refractivity (Wildman–Crippen MR) is 101 cm³/mol. The molecule has 1 N–H and O–H groups in total. The topological polar surface area (TPSA) is 64.6 Å². The smallest absolute Gasteiger partial charge is 0.391 e. The first-order valence-corrected chi connectivity index (χ1v) is 9.80. The summed E-state index contributed by atoms with van der Waals surface area (Å²) >= 11 is 0. The molecule has 1 fully saturated rings. The zero-order chi connectivity index (χ0) is 21.6. The van der Waals surface area contributed by atoms with Crippen molar-refractivity contribution in [3.63, 3.8) is 0 Å². The van der Waals surface area contributed by atoms with Crippen LogP contribution in [-0.2, 0) is 14.3 Å². The Labute approximate surface area is 168 Å². The molecule has 162 valence electrons. The molecule has 0 unspecified atom stereocenters. The van der Waals surface area contributed by atoms with E-state index in [0.29, 0.717) is 24.2 Å². The highest BCUT2D eigenvalue weighted by atomic mass is 19.4. The molecule has 5 nitrogen and oxygen atoms in total. The van der Waals surface area contributed by atoms with Crippen LogP contribution in [0.15, 0.2) is 24.3 Å². The van der Waals surface area contributed by atoms with Crippen molar-refractivity contribution in [3.8, 4) is 5.75 Å². The van der Waals surface area contributed by atoms with E-state index in [2.05, 4.69) is 5.32 Å². The van der Waals surface area contributed by atoms with Crippen LogP contribution in [0, 0.1) is 11.8 Å². The normalized spacial score (nSPS) is 20.8. The lowest BCUT2D eigenvalue weighted by Crippen LogP contribution is -2.39. The van der Waals surface area contributed by atoms with E-state index in [-0.39, 0.29) is 25.4 Å². The Balaban J connectivity index is 2.12. The van der Waals surface area contributed by atoms with Gasteiger partial charge in [0.1, 0.15) is 5.75 Å². The van der Waals surface area contributed by atoms with Gasteiger partial charge in [-0.1, -0.05) is 18.6 Å². The molecule has 0 radical (unpaired) electrons. The van der Waals surface area contributed by atoms with Gasteiger partial charge in [0.15, 0.2) is 0 Å². The highest BCUT2D eigenvalue weighted by Gasteiger charge is 2.43. The van der Waals surface area contributed by atoms with Crippen molar-refractivity contribution in [2.24, 2.45) is 11.8 Å². The Morgan fingerprint density at radius 3 is 2.38 bits per heavy atom. The van der Waals surface area contributed by atoms with Crippen LogP contribution in [0.2, 0.25) is 0 Å². The van der Waals surface area contributed by atoms with Crippen LogP contribution in [0.1, 0.15) is 57.6 Å². The first kappa shape index (κ1) is 23.0. The van der Waals surface area contributed by atoms with E-state index in [1.54, 1.807) is 38.1 Å². The third kappa shape index (κ3) is 6.94. The van der Waals surface area contributed by atoms with Gasteiger partial charge in [-0.25, -0.2) is 0 Å². The number of amides is 1. The molecule has 3 atom stereocenters. The molecule has 1 saturated carbocycles. The van der Waals surface area contributed by atoms with Crippen molar-refractivity contribution in [2.75, 3.05) is 7.11 Å². The van der Waals surface area contributed by atoms with Gasteiger partial charge in [-0.15, -0.1) is 0 Å². The maximum atomic E-state index is 13.1. The first-order chi connectivity index (χ1) is 13.6. The van der Waals surface area contributed by atoms with E-state index in [4.69, 9.17) is 9.47 Å². The van der Waals surface area contributed by atoms with Crippen LogP contribution in [0.25, 0.3) is 0 Å². The quantitative estimate of drug-likeness (QED) is 0.663. The van der Waals surface area contributed by atoms with E-state index in [9.17, 15) is 22.8 Å². The summed E-state index contributed by atoms with van der Waals surface area (Å²) in [6.45, 7) is 3.44. The number of carbonyl (C=O) groups is 2. The number of hydrogen-bond donors (Lipinski definition) is 1. The van der Waals surface area contributed by atoms with Gasteiger partial charge >= 0.3 is 12.1 Å². The van der Waals surface area contributed by atoms with E-state index >= 15 is 0 Å². The van der Waals surface area contributed by atoms with Gasteiger partial charge in [0.05, 0.1) is 31.6 Å².